The van der Waals surface area contributed by atoms with Crippen molar-refractivity contribution in [3.8, 4) is 0 Å². The third-order valence-electron chi connectivity index (χ3n) is 2.29. The highest BCUT2D eigenvalue weighted by atomic mass is 79.9. The van der Waals surface area contributed by atoms with E-state index in [0.29, 0.717) is 6.54 Å². The Hall–Kier alpha value is -0.480. The van der Waals surface area contributed by atoms with Crippen LogP contribution in [-0.2, 0) is 6.54 Å². The largest absolute Gasteiger partial charge is 0.326 e. The smallest absolute Gasteiger partial charge is 0.0548 e. The van der Waals surface area contributed by atoms with Gasteiger partial charge in [0, 0.05) is 20.8 Å². The predicted molar refractivity (Wildman–Crippen MR) is 77.6 cm³/mol. The molecule has 0 aromatic heterocycles. The van der Waals surface area contributed by atoms with Crippen LogP contribution in [0.15, 0.2) is 56.7 Å². The second-order valence-corrected chi connectivity index (χ2v) is 5.85. The molecule has 0 amide bonds. The molecule has 17 heavy (non-hydrogen) atoms. The molecule has 0 atom stereocenters. The maximum absolute atomic E-state index is 6.22. The molecule has 2 N–H and O–H groups in total. The molecule has 2 rings (SSSR count). The summed E-state index contributed by atoms with van der Waals surface area (Å²) < 4.78 is 1.07. The van der Waals surface area contributed by atoms with Crippen LogP contribution in [0.25, 0.3) is 0 Å². The molecule has 0 aliphatic carbocycles. The van der Waals surface area contributed by atoms with Gasteiger partial charge in [-0.1, -0.05) is 41.6 Å². The van der Waals surface area contributed by atoms with E-state index in [4.69, 9.17) is 17.3 Å². The summed E-state index contributed by atoms with van der Waals surface area (Å²) in [7, 11) is 0. The van der Waals surface area contributed by atoms with Gasteiger partial charge in [-0.15, -0.1) is 0 Å². The third kappa shape index (κ3) is 3.26. The zero-order chi connectivity index (χ0) is 12.3. The first-order chi connectivity index (χ1) is 8.20. The lowest BCUT2D eigenvalue weighted by atomic mass is 10.2. The van der Waals surface area contributed by atoms with Crippen LogP contribution in [-0.4, -0.2) is 0 Å². The number of benzene rings is 2. The lowest BCUT2D eigenvalue weighted by molar-refractivity contribution is 1.07. The van der Waals surface area contributed by atoms with Gasteiger partial charge in [-0.25, -0.2) is 0 Å². The van der Waals surface area contributed by atoms with E-state index in [0.717, 1.165) is 24.8 Å². The van der Waals surface area contributed by atoms with Gasteiger partial charge in [0.25, 0.3) is 0 Å². The Morgan fingerprint density at radius 1 is 1.12 bits per heavy atom. The van der Waals surface area contributed by atoms with E-state index in [2.05, 4.69) is 22.0 Å². The summed E-state index contributed by atoms with van der Waals surface area (Å²) in [5.74, 6) is 0. The van der Waals surface area contributed by atoms with Crippen LogP contribution in [0.3, 0.4) is 0 Å². The van der Waals surface area contributed by atoms with Crippen molar-refractivity contribution in [3.05, 3.63) is 57.5 Å². The lowest BCUT2D eigenvalue weighted by Gasteiger charge is -2.07. The Kier molecular flexibility index (Phi) is 4.51. The van der Waals surface area contributed by atoms with Crippen LogP contribution in [0.1, 0.15) is 5.56 Å². The van der Waals surface area contributed by atoms with Crippen molar-refractivity contribution in [1.82, 2.24) is 0 Å². The van der Waals surface area contributed by atoms with Gasteiger partial charge in [-0.05, 0) is 45.8 Å². The van der Waals surface area contributed by atoms with E-state index in [1.54, 1.807) is 11.8 Å². The number of rotatable bonds is 3. The molecule has 0 bridgehead atoms. The number of hydrogen-bond donors (Lipinski definition) is 1. The van der Waals surface area contributed by atoms with Crippen molar-refractivity contribution in [2.45, 2.75) is 16.3 Å². The van der Waals surface area contributed by atoms with Crippen LogP contribution in [0.4, 0.5) is 0 Å². The highest BCUT2D eigenvalue weighted by Crippen LogP contribution is 2.37. The van der Waals surface area contributed by atoms with Gasteiger partial charge >= 0.3 is 0 Å². The molecule has 88 valence electrons. The first kappa shape index (κ1) is 13.0. The van der Waals surface area contributed by atoms with Crippen molar-refractivity contribution >= 4 is 39.3 Å². The average Bonchev–Trinajstić information content (AvgIpc) is 2.34. The van der Waals surface area contributed by atoms with Gasteiger partial charge in [0.15, 0.2) is 0 Å². The normalized spacial score (nSPS) is 10.5. The predicted octanol–water partition coefficient (Wildman–Crippen LogP) is 4.71. The Balaban J connectivity index is 2.28. The molecule has 0 spiro atoms. The van der Waals surface area contributed by atoms with Crippen molar-refractivity contribution < 1.29 is 0 Å². The molecule has 4 heteroatoms. The zero-order valence-electron chi connectivity index (χ0n) is 8.99. The van der Waals surface area contributed by atoms with E-state index in [1.165, 1.54) is 0 Å². The molecule has 0 fully saturated rings. The SMILES string of the molecule is NCc1ccc(Sc2ccccc2Br)c(Cl)c1. The Labute approximate surface area is 118 Å². The molecule has 0 unspecified atom stereocenters. The maximum Gasteiger partial charge on any atom is 0.0548 e. The van der Waals surface area contributed by atoms with Gasteiger partial charge in [0.2, 0.25) is 0 Å². The highest BCUT2D eigenvalue weighted by Gasteiger charge is 2.06. The van der Waals surface area contributed by atoms with E-state index >= 15 is 0 Å². The minimum absolute atomic E-state index is 0.514. The zero-order valence-corrected chi connectivity index (χ0v) is 12.1. The summed E-state index contributed by atoms with van der Waals surface area (Å²) >= 11 is 11.4. The van der Waals surface area contributed by atoms with E-state index in [1.807, 2.05) is 36.4 Å². The summed E-state index contributed by atoms with van der Waals surface area (Å²) in [4.78, 5) is 2.19. The molecule has 2 aromatic rings. The Bertz CT molecular complexity index is 531. The van der Waals surface area contributed by atoms with Crippen LogP contribution in [0, 0.1) is 0 Å². The van der Waals surface area contributed by atoms with Crippen LogP contribution >= 0.6 is 39.3 Å². The molecule has 0 radical (unpaired) electrons. The van der Waals surface area contributed by atoms with Gasteiger partial charge in [-0.3, -0.25) is 0 Å². The molecule has 2 aromatic carbocycles. The van der Waals surface area contributed by atoms with Gasteiger partial charge < -0.3 is 5.73 Å². The van der Waals surface area contributed by atoms with E-state index in [9.17, 15) is 0 Å². The number of nitrogens with two attached hydrogens (primary N) is 1. The van der Waals surface area contributed by atoms with Crippen LogP contribution < -0.4 is 5.73 Å². The van der Waals surface area contributed by atoms with Crippen molar-refractivity contribution in [3.63, 3.8) is 0 Å². The molecule has 0 saturated heterocycles. The molecule has 0 heterocycles. The quantitative estimate of drug-likeness (QED) is 0.883. The topological polar surface area (TPSA) is 26.0 Å². The standard InChI is InChI=1S/C13H11BrClNS/c14-10-3-1-2-4-12(10)17-13-6-5-9(8-16)7-11(13)15/h1-7H,8,16H2. The fourth-order valence-corrected chi connectivity index (χ4v) is 3.09. The van der Waals surface area contributed by atoms with Crippen molar-refractivity contribution in [2.75, 3.05) is 0 Å². The van der Waals surface area contributed by atoms with Crippen LogP contribution in [0.5, 0.6) is 0 Å². The maximum atomic E-state index is 6.22. The fraction of sp³-hybridized carbons (Fsp3) is 0.0769. The van der Waals surface area contributed by atoms with Gasteiger partial charge in [0.05, 0.1) is 5.02 Å². The molecule has 0 saturated carbocycles. The average molecular weight is 329 g/mol. The molecular formula is C13H11BrClNS. The first-order valence-corrected chi connectivity index (χ1v) is 7.10. The van der Waals surface area contributed by atoms with Crippen molar-refractivity contribution in [1.29, 1.82) is 0 Å². The summed E-state index contributed by atoms with van der Waals surface area (Å²) in [5, 5.41) is 0.744. The lowest BCUT2D eigenvalue weighted by Crippen LogP contribution is -1.95. The van der Waals surface area contributed by atoms with Crippen molar-refractivity contribution in [2.24, 2.45) is 5.73 Å². The second-order valence-electron chi connectivity index (χ2n) is 3.50. The number of hydrogen-bond acceptors (Lipinski definition) is 2. The monoisotopic (exact) mass is 327 g/mol. The molecule has 1 nitrogen and oxygen atoms in total. The summed E-state index contributed by atoms with van der Waals surface area (Å²) in [6, 6.07) is 14.0. The minimum atomic E-state index is 0.514. The van der Waals surface area contributed by atoms with Gasteiger partial charge in [0.1, 0.15) is 0 Å². The minimum Gasteiger partial charge on any atom is -0.326 e. The Morgan fingerprint density at radius 2 is 1.88 bits per heavy atom. The summed E-state index contributed by atoms with van der Waals surface area (Å²) in [5.41, 5.74) is 6.62. The Morgan fingerprint density at radius 3 is 2.53 bits per heavy atom. The van der Waals surface area contributed by atoms with Crippen LogP contribution in [0.2, 0.25) is 5.02 Å². The van der Waals surface area contributed by atoms with Gasteiger partial charge in [-0.2, -0.15) is 0 Å². The first-order valence-electron chi connectivity index (χ1n) is 5.11. The third-order valence-corrected chi connectivity index (χ3v) is 4.82. The highest BCUT2D eigenvalue weighted by molar-refractivity contribution is 9.10. The second kappa shape index (κ2) is 5.91. The summed E-state index contributed by atoms with van der Waals surface area (Å²) in [6.45, 7) is 0.514. The van der Waals surface area contributed by atoms with E-state index in [-0.39, 0.29) is 0 Å². The molecule has 0 aliphatic heterocycles. The van der Waals surface area contributed by atoms with E-state index < -0.39 is 0 Å². The summed E-state index contributed by atoms with van der Waals surface area (Å²) in [6.07, 6.45) is 0. The molecular weight excluding hydrogens is 318 g/mol. The molecule has 0 aliphatic rings. The number of halogens is 2. The fourth-order valence-electron chi connectivity index (χ4n) is 1.40.